The molecule has 0 aliphatic rings. The molecule has 2 aromatic rings. The average Bonchev–Trinajstić information content (AvgIpc) is 2.75. The highest BCUT2D eigenvalue weighted by molar-refractivity contribution is 7.11. The van der Waals surface area contributed by atoms with Gasteiger partial charge in [0.15, 0.2) is 0 Å². The van der Waals surface area contributed by atoms with Crippen molar-refractivity contribution in [2.24, 2.45) is 0 Å². The van der Waals surface area contributed by atoms with Gasteiger partial charge in [0, 0.05) is 4.88 Å². The fourth-order valence-corrected chi connectivity index (χ4v) is 2.70. The van der Waals surface area contributed by atoms with Crippen LogP contribution >= 0.6 is 11.3 Å². The van der Waals surface area contributed by atoms with E-state index in [9.17, 15) is 9.18 Å². The van der Waals surface area contributed by atoms with E-state index in [0.29, 0.717) is 12.1 Å². The lowest BCUT2D eigenvalue weighted by atomic mass is 10.2. The van der Waals surface area contributed by atoms with E-state index in [1.807, 2.05) is 13.8 Å². The molecule has 1 heterocycles. The zero-order chi connectivity index (χ0) is 14.7. The van der Waals surface area contributed by atoms with Crippen LogP contribution in [0, 0.1) is 19.7 Å². The summed E-state index contributed by atoms with van der Waals surface area (Å²) in [5.74, 6) is -0.894. The summed E-state index contributed by atoms with van der Waals surface area (Å²) in [4.78, 5) is 16.8. The monoisotopic (exact) mass is 294 g/mol. The van der Waals surface area contributed by atoms with E-state index in [0.717, 1.165) is 15.6 Å². The molecule has 1 N–H and O–H groups in total. The van der Waals surface area contributed by atoms with Gasteiger partial charge in [0.1, 0.15) is 5.82 Å². The third-order valence-electron chi connectivity index (χ3n) is 2.83. The number of anilines is 1. The van der Waals surface area contributed by atoms with Gasteiger partial charge < -0.3 is 10.1 Å². The molecule has 0 saturated carbocycles. The van der Waals surface area contributed by atoms with Crippen LogP contribution in [0.25, 0.3) is 0 Å². The van der Waals surface area contributed by atoms with Gasteiger partial charge in [0.25, 0.3) is 0 Å². The van der Waals surface area contributed by atoms with E-state index >= 15 is 0 Å². The Morgan fingerprint density at radius 2 is 2.20 bits per heavy atom. The Morgan fingerprint density at radius 3 is 2.80 bits per heavy atom. The molecule has 0 aliphatic carbocycles. The number of aryl methyl sites for hydroxylation is 2. The number of nitrogens with zero attached hydrogens (tertiary/aromatic N) is 1. The number of rotatable bonds is 4. The topological polar surface area (TPSA) is 51.2 Å². The molecule has 0 atom stereocenters. The van der Waals surface area contributed by atoms with Crippen molar-refractivity contribution in [3.05, 3.63) is 45.2 Å². The highest BCUT2D eigenvalue weighted by Gasteiger charge is 2.11. The summed E-state index contributed by atoms with van der Waals surface area (Å²) in [6.45, 7) is 4.32. The van der Waals surface area contributed by atoms with E-state index < -0.39 is 11.8 Å². The maximum Gasteiger partial charge on any atom is 0.337 e. The number of nitrogens with one attached hydrogen (secondary N) is 1. The minimum absolute atomic E-state index is 0.276. The van der Waals surface area contributed by atoms with Crippen LogP contribution in [0.2, 0.25) is 0 Å². The number of aromatic nitrogens is 1. The predicted octanol–water partition coefficient (Wildman–Crippen LogP) is 3.30. The highest BCUT2D eigenvalue weighted by atomic mass is 32.1. The fraction of sp³-hybridized carbons (Fsp3) is 0.286. The number of esters is 1. The van der Waals surface area contributed by atoms with E-state index in [-0.39, 0.29) is 5.69 Å². The van der Waals surface area contributed by atoms with Gasteiger partial charge in [0.05, 0.1) is 35.6 Å². The molecule has 0 aliphatic heterocycles. The van der Waals surface area contributed by atoms with Gasteiger partial charge in [-0.1, -0.05) is 0 Å². The average molecular weight is 294 g/mol. The third-order valence-corrected chi connectivity index (χ3v) is 3.90. The lowest BCUT2D eigenvalue weighted by Crippen LogP contribution is -2.05. The number of methoxy groups -OCH3 is 1. The largest absolute Gasteiger partial charge is 0.465 e. The lowest BCUT2D eigenvalue weighted by Gasteiger charge is -2.08. The maximum atomic E-state index is 13.7. The summed E-state index contributed by atoms with van der Waals surface area (Å²) in [5.41, 5.74) is 1.52. The SMILES string of the molecule is COC(=O)c1ccc(F)c(NCc2sc(C)nc2C)c1. The van der Waals surface area contributed by atoms with Gasteiger partial charge >= 0.3 is 5.97 Å². The molecule has 1 aromatic carbocycles. The van der Waals surface area contributed by atoms with E-state index in [4.69, 9.17) is 0 Å². The zero-order valence-corrected chi connectivity index (χ0v) is 12.3. The highest BCUT2D eigenvalue weighted by Crippen LogP contribution is 2.21. The van der Waals surface area contributed by atoms with Gasteiger partial charge in [-0.3, -0.25) is 0 Å². The lowest BCUT2D eigenvalue weighted by molar-refractivity contribution is 0.0600. The van der Waals surface area contributed by atoms with Crippen LogP contribution in [0.4, 0.5) is 10.1 Å². The van der Waals surface area contributed by atoms with Gasteiger partial charge in [-0.2, -0.15) is 0 Å². The van der Waals surface area contributed by atoms with Crippen molar-refractivity contribution in [1.82, 2.24) is 4.98 Å². The summed E-state index contributed by atoms with van der Waals surface area (Å²) in [7, 11) is 1.29. The molecule has 4 nitrogen and oxygen atoms in total. The van der Waals surface area contributed by atoms with Crippen molar-refractivity contribution in [3.63, 3.8) is 0 Å². The quantitative estimate of drug-likeness (QED) is 0.879. The first-order chi connectivity index (χ1) is 9.51. The van der Waals surface area contributed by atoms with Crippen LogP contribution in [0.15, 0.2) is 18.2 Å². The molecule has 20 heavy (non-hydrogen) atoms. The molecule has 6 heteroatoms. The molecule has 0 amide bonds. The molecule has 0 bridgehead atoms. The maximum absolute atomic E-state index is 13.7. The molecular formula is C14H15FN2O2S. The van der Waals surface area contributed by atoms with Gasteiger partial charge in [-0.05, 0) is 32.0 Å². The number of carbonyl (C=O) groups excluding carboxylic acids is 1. The zero-order valence-electron chi connectivity index (χ0n) is 11.5. The summed E-state index contributed by atoms with van der Waals surface area (Å²) in [5, 5.41) is 3.97. The predicted molar refractivity (Wildman–Crippen MR) is 76.7 cm³/mol. The Kier molecular flexibility index (Phi) is 4.34. The van der Waals surface area contributed by atoms with Crippen LogP contribution in [0.3, 0.4) is 0 Å². The molecule has 0 radical (unpaired) electrons. The molecule has 0 saturated heterocycles. The number of hydrogen-bond donors (Lipinski definition) is 1. The molecule has 0 fully saturated rings. The third kappa shape index (κ3) is 3.14. The number of halogens is 1. The van der Waals surface area contributed by atoms with Crippen LogP contribution in [0.5, 0.6) is 0 Å². The first kappa shape index (κ1) is 14.5. The Bertz CT molecular complexity index is 640. The van der Waals surface area contributed by atoms with Crippen molar-refractivity contribution in [2.45, 2.75) is 20.4 Å². The number of hydrogen-bond acceptors (Lipinski definition) is 5. The van der Waals surface area contributed by atoms with Crippen molar-refractivity contribution in [2.75, 3.05) is 12.4 Å². The van der Waals surface area contributed by atoms with Crippen molar-refractivity contribution >= 4 is 23.0 Å². The smallest absolute Gasteiger partial charge is 0.337 e. The van der Waals surface area contributed by atoms with E-state index in [1.165, 1.54) is 25.3 Å². The number of thiazole rings is 1. The first-order valence-electron chi connectivity index (χ1n) is 6.06. The number of ether oxygens (including phenoxy) is 1. The Labute approximate surface area is 120 Å². The second-order valence-electron chi connectivity index (χ2n) is 4.28. The number of benzene rings is 1. The van der Waals surface area contributed by atoms with Crippen LogP contribution < -0.4 is 5.32 Å². The minimum atomic E-state index is -0.488. The molecule has 0 unspecified atom stereocenters. The van der Waals surface area contributed by atoms with Crippen LogP contribution in [-0.2, 0) is 11.3 Å². The van der Waals surface area contributed by atoms with Gasteiger partial charge in [0.2, 0.25) is 0 Å². The standard InChI is InChI=1S/C14H15FN2O2S/c1-8-13(20-9(2)17-8)7-16-12-6-10(14(18)19-3)4-5-11(12)15/h4-6,16H,7H2,1-3H3. The van der Waals surface area contributed by atoms with Crippen LogP contribution in [0.1, 0.15) is 25.9 Å². The molecule has 1 aromatic heterocycles. The second-order valence-corrected chi connectivity index (χ2v) is 5.57. The van der Waals surface area contributed by atoms with E-state index in [2.05, 4.69) is 15.0 Å². The van der Waals surface area contributed by atoms with Gasteiger partial charge in [-0.25, -0.2) is 14.2 Å². The second kappa shape index (κ2) is 6.00. The Hall–Kier alpha value is -1.95. The van der Waals surface area contributed by atoms with Gasteiger partial charge in [-0.15, -0.1) is 11.3 Å². The fourth-order valence-electron chi connectivity index (χ4n) is 1.82. The molecular weight excluding hydrogens is 279 g/mol. The summed E-state index contributed by atoms with van der Waals surface area (Å²) < 4.78 is 18.3. The molecule has 106 valence electrons. The normalized spacial score (nSPS) is 10.4. The van der Waals surface area contributed by atoms with Crippen LogP contribution in [-0.4, -0.2) is 18.1 Å². The van der Waals surface area contributed by atoms with Crippen molar-refractivity contribution in [1.29, 1.82) is 0 Å². The van der Waals surface area contributed by atoms with Crippen molar-refractivity contribution < 1.29 is 13.9 Å². The van der Waals surface area contributed by atoms with E-state index in [1.54, 1.807) is 11.3 Å². The minimum Gasteiger partial charge on any atom is -0.465 e. The summed E-state index contributed by atoms with van der Waals surface area (Å²) >= 11 is 1.57. The van der Waals surface area contributed by atoms with Crippen molar-refractivity contribution in [3.8, 4) is 0 Å². The number of carbonyl (C=O) groups is 1. The first-order valence-corrected chi connectivity index (χ1v) is 6.87. The Morgan fingerprint density at radius 1 is 1.45 bits per heavy atom. The summed E-state index contributed by atoms with van der Waals surface area (Å²) in [6.07, 6.45) is 0. The molecule has 2 rings (SSSR count). The molecule has 0 spiro atoms. The summed E-state index contributed by atoms with van der Waals surface area (Å²) in [6, 6.07) is 4.10. The Balaban J connectivity index is 2.16.